The molecule has 0 fully saturated rings. The summed E-state index contributed by atoms with van der Waals surface area (Å²) in [5.74, 6) is 0. The summed E-state index contributed by atoms with van der Waals surface area (Å²) in [5, 5.41) is 18.4. The minimum absolute atomic E-state index is 0.205. The number of rotatable bonds is 5. The van der Waals surface area contributed by atoms with Crippen molar-refractivity contribution in [3.05, 3.63) is 82.1 Å². The van der Waals surface area contributed by atoms with Crippen LogP contribution in [0.4, 0.5) is 0 Å². The van der Waals surface area contributed by atoms with Crippen LogP contribution in [0.5, 0.6) is 0 Å². The lowest BCUT2D eigenvalue weighted by Gasteiger charge is -2.14. The number of nitrogens with one attached hydrogen (secondary N) is 2. The Morgan fingerprint density at radius 3 is 2.75 bits per heavy atom. The van der Waals surface area contributed by atoms with E-state index in [9.17, 15) is 9.90 Å². The van der Waals surface area contributed by atoms with Crippen molar-refractivity contribution in [2.75, 3.05) is 0 Å². The second kappa shape index (κ2) is 7.91. The molecule has 0 radical (unpaired) electrons. The van der Waals surface area contributed by atoms with E-state index in [4.69, 9.17) is 0 Å². The minimum Gasteiger partial charge on any atom is -0.374 e. The molecule has 0 aliphatic heterocycles. The van der Waals surface area contributed by atoms with Crippen molar-refractivity contribution in [2.24, 2.45) is 0 Å². The van der Waals surface area contributed by atoms with Gasteiger partial charge in [0.25, 0.3) is 0 Å². The number of hydrogen-bond donors (Lipinski definition) is 3. The molecule has 0 aliphatic rings. The maximum Gasteiger partial charge on any atom is 0.200 e. The van der Waals surface area contributed by atoms with Crippen molar-refractivity contribution < 1.29 is 5.11 Å². The molecule has 5 rings (SSSR count). The summed E-state index contributed by atoms with van der Waals surface area (Å²) >= 11 is 0. The van der Waals surface area contributed by atoms with Crippen molar-refractivity contribution in [3.8, 4) is 11.3 Å². The summed E-state index contributed by atoms with van der Waals surface area (Å²) in [6, 6.07) is 5.60. The predicted octanol–water partition coefficient (Wildman–Crippen LogP) is 1.82. The normalized spacial score (nSPS) is 12.5. The number of aryl methyl sites for hydroxylation is 2. The number of pyridine rings is 2. The predicted molar refractivity (Wildman–Crippen MR) is 118 cm³/mol. The first-order valence-corrected chi connectivity index (χ1v) is 10.0. The Morgan fingerprint density at radius 1 is 1.19 bits per heavy atom. The van der Waals surface area contributed by atoms with Crippen LogP contribution in [0.25, 0.3) is 27.9 Å². The Hall–Kier alpha value is -4.02. The van der Waals surface area contributed by atoms with Gasteiger partial charge in [0, 0.05) is 43.0 Å². The third-order valence-corrected chi connectivity index (χ3v) is 5.23. The SMILES string of the molecule is Cc1cc2nc(C)c3c(=O)c(C(O)NCc4ccc(-c5cncnc5)nc4)c[nH]c3n2n1. The molecule has 1 unspecified atom stereocenters. The number of aliphatic hydroxyl groups is 1. The van der Waals surface area contributed by atoms with Gasteiger partial charge in [-0.05, 0) is 25.5 Å². The van der Waals surface area contributed by atoms with Crippen LogP contribution in [-0.2, 0) is 6.54 Å². The zero-order valence-corrected chi connectivity index (χ0v) is 17.4. The summed E-state index contributed by atoms with van der Waals surface area (Å²) in [5.41, 5.74) is 4.92. The smallest absolute Gasteiger partial charge is 0.200 e. The zero-order valence-electron chi connectivity index (χ0n) is 17.4. The van der Waals surface area contributed by atoms with Gasteiger partial charge in [-0.3, -0.25) is 15.1 Å². The van der Waals surface area contributed by atoms with Crippen molar-refractivity contribution in [3.63, 3.8) is 0 Å². The molecule has 0 saturated carbocycles. The number of aromatic amines is 1. The van der Waals surface area contributed by atoms with E-state index >= 15 is 0 Å². The molecule has 0 saturated heterocycles. The second-order valence-electron chi connectivity index (χ2n) is 7.51. The number of aliphatic hydroxyl groups excluding tert-OH is 1. The van der Waals surface area contributed by atoms with E-state index in [-0.39, 0.29) is 11.0 Å². The monoisotopic (exact) mass is 428 g/mol. The fourth-order valence-corrected chi connectivity index (χ4v) is 3.65. The highest BCUT2D eigenvalue weighted by Crippen LogP contribution is 2.18. The highest BCUT2D eigenvalue weighted by Gasteiger charge is 2.18. The molecule has 5 heterocycles. The Balaban J connectivity index is 1.38. The van der Waals surface area contributed by atoms with E-state index in [0.29, 0.717) is 28.9 Å². The van der Waals surface area contributed by atoms with E-state index in [1.54, 1.807) is 30.0 Å². The van der Waals surface area contributed by atoms with Gasteiger partial charge in [-0.1, -0.05) is 6.07 Å². The van der Waals surface area contributed by atoms with E-state index in [0.717, 1.165) is 22.5 Å². The molecule has 0 bridgehead atoms. The van der Waals surface area contributed by atoms with Gasteiger partial charge < -0.3 is 10.1 Å². The van der Waals surface area contributed by atoms with E-state index in [2.05, 4.69) is 35.3 Å². The van der Waals surface area contributed by atoms with Gasteiger partial charge in [0.2, 0.25) is 0 Å². The highest BCUT2D eigenvalue weighted by atomic mass is 16.3. The molecule has 10 heteroatoms. The topological polar surface area (TPSA) is 134 Å². The lowest BCUT2D eigenvalue weighted by molar-refractivity contribution is 0.136. The van der Waals surface area contributed by atoms with Crippen molar-refractivity contribution in [2.45, 2.75) is 26.6 Å². The average molecular weight is 428 g/mol. The lowest BCUT2D eigenvalue weighted by Crippen LogP contribution is -2.27. The van der Waals surface area contributed by atoms with Crippen LogP contribution in [0.3, 0.4) is 0 Å². The lowest BCUT2D eigenvalue weighted by atomic mass is 10.1. The fraction of sp³-hybridized carbons (Fsp3) is 0.182. The Bertz CT molecular complexity index is 1480. The Kier molecular flexibility index (Phi) is 4.92. The second-order valence-corrected chi connectivity index (χ2v) is 7.51. The van der Waals surface area contributed by atoms with Gasteiger partial charge in [-0.15, -0.1) is 0 Å². The van der Waals surface area contributed by atoms with E-state index < -0.39 is 6.23 Å². The highest BCUT2D eigenvalue weighted by molar-refractivity contribution is 5.80. The van der Waals surface area contributed by atoms with Crippen LogP contribution in [0.1, 0.15) is 28.7 Å². The van der Waals surface area contributed by atoms with Gasteiger partial charge >= 0.3 is 0 Å². The van der Waals surface area contributed by atoms with Gasteiger partial charge in [0.1, 0.15) is 18.2 Å². The maximum absolute atomic E-state index is 13.1. The molecule has 5 aromatic heterocycles. The van der Waals surface area contributed by atoms with Gasteiger partial charge in [0.05, 0.1) is 28.0 Å². The van der Waals surface area contributed by atoms with Crippen molar-refractivity contribution >= 4 is 16.7 Å². The summed E-state index contributed by atoms with van der Waals surface area (Å²) in [4.78, 5) is 33.1. The quantitative estimate of drug-likeness (QED) is 0.361. The first-order valence-electron chi connectivity index (χ1n) is 10.0. The van der Waals surface area contributed by atoms with Gasteiger partial charge in [0.15, 0.2) is 11.1 Å². The summed E-state index contributed by atoms with van der Waals surface area (Å²) in [6.45, 7) is 3.96. The fourth-order valence-electron chi connectivity index (χ4n) is 3.65. The maximum atomic E-state index is 13.1. The molecule has 1 atom stereocenters. The number of H-pyrrole nitrogens is 1. The zero-order chi connectivity index (χ0) is 22.2. The molecular weight excluding hydrogens is 408 g/mol. The molecule has 3 N–H and O–H groups in total. The summed E-state index contributed by atoms with van der Waals surface area (Å²) < 4.78 is 1.60. The van der Waals surface area contributed by atoms with Crippen LogP contribution in [0.2, 0.25) is 0 Å². The number of nitrogens with zero attached hydrogens (tertiary/aromatic N) is 6. The standard InChI is InChI=1S/C22H20N8O2/c1-12-5-18-28-13(2)19-20(31)16(10-26-21(19)30(18)29-12)22(32)27-7-14-3-4-17(25-6-14)15-8-23-11-24-9-15/h3-6,8-11,22,27,32H,7H2,1-2H3,(H,26,31). The molecule has 0 spiro atoms. The van der Waals surface area contributed by atoms with Crippen LogP contribution >= 0.6 is 0 Å². The van der Waals surface area contributed by atoms with E-state index in [1.807, 2.05) is 25.1 Å². The third-order valence-electron chi connectivity index (χ3n) is 5.23. The molecule has 160 valence electrons. The molecule has 0 aromatic carbocycles. The average Bonchev–Trinajstić information content (AvgIpc) is 3.18. The summed E-state index contributed by atoms with van der Waals surface area (Å²) in [6.07, 6.45) is 6.90. The van der Waals surface area contributed by atoms with Crippen LogP contribution in [-0.4, -0.2) is 39.6 Å². The van der Waals surface area contributed by atoms with Crippen LogP contribution in [0.15, 0.2) is 54.1 Å². The first-order chi connectivity index (χ1) is 15.5. The summed E-state index contributed by atoms with van der Waals surface area (Å²) in [7, 11) is 0. The van der Waals surface area contributed by atoms with E-state index in [1.165, 1.54) is 12.5 Å². The van der Waals surface area contributed by atoms with Gasteiger partial charge in [-0.2, -0.15) is 9.61 Å². The third kappa shape index (κ3) is 3.51. The number of fused-ring (bicyclic) bond motifs is 3. The van der Waals surface area contributed by atoms with Crippen molar-refractivity contribution in [1.82, 2.24) is 39.9 Å². The minimum atomic E-state index is -1.17. The Morgan fingerprint density at radius 2 is 2.00 bits per heavy atom. The number of hydrogen-bond acceptors (Lipinski definition) is 8. The molecule has 0 amide bonds. The molecule has 32 heavy (non-hydrogen) atoms. The largest absolute Gasteiger partial charge is 0.374 e. The Labute approximate surface area is 182 Å². The van der Waals surface area contributed by atoms with Crippen LogP contribution in [0, 0.1) is 13.8 Å². The first kappa shape index (κ1) is 19.9. The number of aromatic nitrogens is 7. The van der Waals surface area contributed by atoms with Crippen molar-refractivity contribution in [1.29, 1.82) is 0 Å². The molecular formula is C22H20N8O2. The molecule has 0 aliphatic carbocycles. The molecule has 5 aromatic rings. The molecule has 10 nitrogen and oxygen atoms in total. The van der Waals surface area contributed by atoms with Crippen LogP contribution < -0.4 is 10.7 Å². The van der Waals surface area contributed by atoms with Gasteiger partial charge in [-0.25, -0.2) is 15.0 Å².